The number of rotatable bonds is 6. The standard InChI is InChI=1S/C11H14INO4/c1-2-16-9-4-7(5-14)3-8(12)11(9)17-6-10(13)15/h3-4,14H,2,5-6H2,1H3,(H2,13,15). The fourth-order valence-corrected chi connectivity index (χ4v) is 2.08. The summed E-state index contributed by atoms with van der Waals surface area (Å²) in [5.74, 6) is 0.433. The van der Waals surface area contributed by atoms with Gasteiger partial charge in [0.1, 0.15) is 0 Å². The monoisotopic (exact) mass is 351 g/mol. The van der Waals surface area contributed by atoms with Crippen molar-refractivity contribution in [3.63, 3.8) is 0 Å². The van der Waals surface area contributed by atoms with Gasteiger partial charge >= 0.3 is 0 Å². The molecule has 0 aliphatic rings. The lowest BCUT2D eigenvalue weighted by molar-refractivity contribution is -0.119. The zero-order valence-corrected chi connectivity index (χ0v) is 11.6. The van der Waals surface area contributed by atoms with Crippen molar-refractivity contribution in [2.75, 3.05) is 13.2 Å². The first-order chi connectivity index (χ1) is 8.08. The van der Waals surface area contributed by atoms with Gasteiger partial charge in [-0.3, -0.25) is 4.79 Å². The molecule has 0 heterocycles. The van der Waals surface area contributed by atoms with Crippen LogP contribution in [-0.4, -0.2) is 24.2 Å². The highest BCUT2D eigenvalue weighted by Crippen LogP contribution is 2.34. The van der Waals surface area contributed by atoms with Crippen LogP contribution in [-0.2, 0) is 11.4 Å². The Morgan fingerprint density at radius 1 is 1.47 bits per heavy atom. The zero-order valence-electron chi connectivity index (χ0n) is 9.40. The van der Waals surface area contributed by atoms with Gasteiger partial charge in [0, 0.05) is 0 Å². The van der Waals surface area contributed by atoms with E-state index in [9.17, 15) is 4.79 Å². The van der Waals surface area contributed by atoms with Crippen molar-refractivity contribution in [3.05, 3.63) is 21.3 Å². The summed E-state index contributed by atoms with van der Waals surface area (Å²) in [6.07, 6.45) is 0. The van der Waals surface area contributed by atoms with E-state index in [1.165, 1.54) is 0 Å². The van der Waals surface area contributed by atoms with Crippen molar-refractivity contribution >= 4 is 28.5 Å². The van der Waals surface area contributed by atoms with Crippen LogP contribution in [0.15, 0.2) is 12.1 Å². The van der Waals surface area contributed by atoms with Crippen LogP contribution in [0.4, 0.5) is 0 Å². The lowest BCUT2D eigenvalue weighted by Gasteiger charge is -2.14. The molecule has 3 N–H and O–H groups in total. The van der Waals surface area contributed by atoms with Crippen molar-refractivity contribution in [2.45, 2.75) is 13.5 Å². The molecule has 0 unspecified atom stereocenters. The van der Waals surface area contributed by atoms with Crippen LogP contribution >= 0.6 is 22.6 Å². The quantitative estimate of drug-likeness (QED) is 0.751. The molecule has 5 nitrogen and oxygen atoms in total. The largest absolute Gasteiger partial charge is 0.490 e. The van der Waals surface area contributed by atoms with E-state index in [0.717, 1.165) is 9.13 Å². The van der Waals surface area contributed by atoms with Gasteiger partial charge in [0.15, 0.2) is 18.1 Å². The molecule has 0 bridgehead atoms. The van der Waals surface area contributed by atoms with Crippen LogP contribution in [0.1, 0.15) is 12.5 Å². The number of halogens is 1. The van der Waals surface area contributed by atoms with Gasteiger partial charge < -0.3 is 20.3 Å². The summed E-state index contributed by atoms with van der Waals surface area (Å²) in [6.45, 7) is 2.04. The van der Waals surface area contributed by atoms with Crippen molar-refractivity contribution in [1.82, 2.24) is 0 Å². The lowest BCUT2D eigenvalue weighted by atomic mass is 10.2. The number of primary amides is 1. The van der Waals surface area contributed by atoms with Gasteiger partial charge in [-0.2, -0.15) is 0 Å². The molecule has 0 atom stereocenters. The van der Waals surface area contributed by atoms with Crippen LogP contribution in [0, 0.1) is 3.57 Å². The summed E-state index contributed by atoms with van der Waals surface area (Å²) in [5.41, 5.74) is 5.75. The second-order valence-corrected chi connectivity index (χ2v) is 4.41. The van der Waals surface area contributed by atoms with Crippen molar-refractivity contribution < 1.29 is 19.4 Å². The van der Waals surface area contributed by atoms with E-state index < -0.39 is 5.91 Å². The molecular weight excluding hydrogens is 337 g/mol. The molecule has 1 aromatic rings. The minimum Gasteiger partial charge on any atom is -0.490 e. The highest BCUT2D eigenvalue weighted by Gasteiger charge is 2.12. The molecule has 0 spiro atoms. The summed E-state index contributed by atoms with van der Waals surface area (Å²) in [4.78, 5) is 10.7. The van der Waals surface area contributed by atoms with Gasteiger partial charge in [0.05, 0.1) is 16.8 Å². The molecular formula is C11H14INO4. The summed E-state index contributed by atoms with van der Waals surface area (Å²) in [7, 11) is 0. The summed E-state index contributed by atoms with van der Waals surface area (Å²) >= 11 is 2.05. The molecule has 94 valence electrons. The molecule has 0 aliphatic heterocycles. The number of carbonyl (C=O) groups is 1. The third-order valence-corrected chi connectivity index (χ3v) is 2.71. The fraction of sp³-hybridized carbons (Fsp3) is 0.364. The second-order valence-electron chi connectivity index (χ2n) is 3.25. The topological polar surface area (TPSA) is 81.8 Å². The van der Waals surface area contributed by atoms with Crippen molar-refractivity contribution in [1.29, 1.82) is 0 Å². The maximum Gasteiger partial charge on any atom is 0.255 e. The van der Waals surface area contributed by atoms with Crippen molar-refractivity contribution in [2.24, 2.45) is 5.73 Å². The minimum atomic E-state index is -0.547. The molecule has 0 saturated heterocycles. The van der Waals surface area contributed by atoms with Crippen LogP contribution in [0.2, 0.25) is 0 Å². The second kappa shape index (κ2) is 6.65. The van der Waals surface area contributed by atoms with E-state index in [2.05, 4.69) is 22.6 Å². The predicted octanol–water partition coefficient (Wildman–Crippen LogP) is 1.05. The number of carbonyl (C=O) groups excluding carboxylic acids is 1. The Morgan fingerprint density at radius 2 is 2.18 bits per heavy atom. The summed E-state index contributed by atoms with van der Waals surface area (Å²) in [5, 5.41) is 9.09. The lowest BCUT2D eigenvalue weighted by Crippen LogP contribution is -2.20. The Bertz CT molecular complexity index is 409. The van der Waals surface area contributed by atoms with E-state index in [0.29, 0.717) is 18.1 Å². The number of benzene rings is 1. The maximum atomic E-state index is 10.7. The molecule has 0 saturated carbocycles. The molecule has 1 rings (SSSR count). The Hall–Kier alpha value is -1.02. The predicted molar refractivity (Wildman–Crippen MR) is 70.9 cm³/mol. The van der Waals surface area contributed by atoms with Crippen LogP contribution in [0.3, 0.4) is 0 Å². The van der Waals surface area contributed by atoms with E-state index >= 15 is 0 Å². The van der Waals surface area contributed by atoms with Crippen molar-refractivity contribution in [3.8, 4) is 11.5 Å². The van der Waals surface area contributed by atoms with Gasteiger partial charge in [-0.1, -0.05) is 0 Å². The van der Waals surface area contributed by atoms with Gasteiger partial charge in [-0.25, -0.2) is 0 Å². The smallest absolute Gasteiger partial charge is 0.255 e. The van der Waals surface area contributed by atoms with E-state index in [-0.39, 0.29) is 13.2 Å². The van der Waals surface area contributed by atoms with Crippen LogP contribution in [0.5, 0.6) is 11.5 Å². The Labute approximate surface area is 113 Å². The van der Waals surface area contributed by atoms with E-state index in [4.69, 9.17) is 20.3 Å². The van der Waals surface area contributed by atoms with Crippen LogP contribution < -0.4 is 15.2 Å². The molecule has 0 aromatic heterocycles. The molecule has 0 aliphatic carbocycles. The van der Waals surface area contributed by atoms with Gasteiger partial charge in [0.25, 0.3) is 5.91 Å². The van der Waals surface area contributed by atoms with Gasteiger partial charge in [0.2, 0.25) is 0 Å². The SMILES string of the molecule is CCOc1cc(CO)cc(I)c1OCC(N)=O. The first-order valence-electron chi connectivity index (χ1n) is 5.05. The van der Waals surface area contributed by atoms with Gasteiger partial charge in [-0.05, 0) is 47.2 Å². The molecule has 17 heavy (non-hydrogen) atoms. The average Bonchev–Trinajstić information content (AvgIpc) is 2.27. The average molecular weight is 351 g/mol. The number of amides is 1. The zero-order chi connectivity index (χ0) is 12.8. The fourth-order valence-electron chi connectivity index (χ4n) is 1.26. The molecule has 6 heteroatoms. The Balaban J connectivity index is 3.02. The van der Waals surface area contributed by atoms with Gasteiger partial charge in [-0.15, -0.1) is 0 Å². The summed E-state index contributed by atoms with van der Waals surface area (Å²) < 4.78 is 11.5. The number of hydrogen-bond acceptors (Lipinski definition) is 4. The normalized spacial score (nSPS) is 10.1. The highest BCUT2D eigenvalue weighted by atomic mass is 127. The number of ether oxygens (including phenoxy) is 2. The highest BCUT2D eigenvalue weighted by molar-refractivity contribution is 14.1. The minimum absolute atomic E-state index is 0.0772. The first kappa shape index (κ1) is 14.0. The number of aliphatic hydroxyl groups excluding tert-OH is 1. The Kier molecular flexibility index (Phi) is 5.49. The number of hydrogen-bond donors (Lipinski definition) is 2. The molecule has 0 fully saturated rings. The van der Waals surface area contributed by atoms with E-state index in [1.54, 1.807) is 12.1 Å². The van der Waals surface area contributed by atoms with E-state index in [1.807, 2.05) is 6.92 Å². The molecule has 1 aromatic carbocycles. The van der Waals surface area contributed by atoms with Crippen LogP contribution in [0.25, 0.3) is 0 Å². The third-order valence-electron chi connectivity index (χ3n) is 1.91. The Morgan fingerprint density at radius 3 is 2.71 bits per heavy atom. The third kappa shape index (κ3) is 4.04. The molecule has 1 amide bonds. The summed E-state index contributed by atoms with van der Waals surface area (Å²) in [6, 6.07) is 3.45. The first-order valence-corrected chi connectivity index (χ1v) is 6.13. The number of nitrogens with two attached hydrogens (primary N) is 1. The molecule has 0 radical (unpaired) electrons. The maximum absolute atomic E-state index is 10.7. The number of aliphatic hydroxyl groups is 1.